The lowest BCUT2D eigenvalue weighted by Crippen LogP contribution is -2.20. The quantitative estimate of drug-likeness (QED) is 0.493. The summed E-state index contributed by atoms with van der Waals surface area (Å²) in [5, 5.41) is 5.15. The summed E-state index contributed by atoms with van der Waals surface area (Å²) in [7, 11) is 0. The SMILES string of the molecule is CC(=O)NCc1cc(NC(=O)c2ccc(C(F)(F)F)cc2Oc2ccc(F)cc2C)ccn1. The number of nitrogens with one attached hydrogen (secondary N) is 2. The highest BCUT2D eigenvalue weighted by molar-refractivity contribution is 6.06. The van der Waals surface area contributed by atoms with E-state index in [-0.39, 0.29) is 29.5 Å². The van der Waals surface area contributed by atoms with Gasteiger partial charge in [-0.05, 0) is 61.0 Å². The van der Waals surface area contributed by atoms with Crippen molar-refractivity contribution < 1.29 is 31.9 Å². The van der Waals surface area contributed by atoms with Crippen LogP contribution >= 0.6 is 0 Å². The first kappa shape index (κ1) is 23.7. The van der Waals surface area contributed by atoms with Gasteiger partial charge in [-0.2, -0.15) is 13.2 Å². The Kier molecular flexibility index (Phi) is 6.95. The Balaban J connectivity index is 1.92. The van der Waals surface area contributed by atoms with Crippen molar-refractivity contribution in [1.82, 2.24) is 10.3 Å². The van der Waals surface area contributed by atoms with E-state index in [9.17, 15) is 27.2 Å². The molecule has 0 saturated carbocycles. The molecule has 1 aromatic heterocycles. The second-order valence-corrected chi connectivity index (χ2v) is 7.12. The standard InChI is InChI=1S/C23H19F4N3O3/c1-13-9-16(24)4-6-20(13)33-21-10-15(23(25,26)27)3-5-19(21)22(32)30-17-7-8-28-18(11-17)12-29-14(2)31/h3-11H,12H2,1-2H3,(H,29,31)(H,28,30,32). The zero-order valence-electron chi connectivity index (χ0n) is 17.6. The number of nitrogens with zero attached hydrogens (tertiary/aromatic N) is 1. The van der Waals surface area contributed by atoms with Gasteiger partial charge in [-0.15, -0.1) is 0 Å². The van der Waals surface area contributed by atoms with Crippen molar-refractivity contribution in [1.29, 1.82) is 0 Å². The summed E-state index contributed by atoms with van der Waals surface area (Å²) in [6.45, 7) is 3.01. The normalized spacial score (nSPS) is 11.1. The van der Waals surface area contributed by atoms with Gasteiger partial charge >= 0.3 is 6.18 Å². The topological polar surface area (TPSA) is 80.3 Å². The molecular weight excluding hydrogens is 442 g/mol. The fourth-order valence-electron chi connectivity index (χ4n) is 2.88. The average molecular weight is 461 g/mol. The van der Waals surface area contributed by atoms with Gasteiger partial charge in [-0.3, -0.25) is 14.6 Å². The van der Waals surface area contributed by atoms with Crippen molar-refractivity contribution in [3.8, 4) is 11.5 Å². The number of aryl methyl sites for hydroxylation is 1. The van der Waals surface area contributed by atoms with Crippen LogP contribution in [-0.4, -0.2) is 16.8 Å². The Morgan fingerprint density at radius 3 is 2.45 bits per heavy atom. The fraction of sp³-hybridized carbons (Fsp3) is 0.174. The van der Waals surface area contributed by atoms with E-state index in [1.807, 2.05) is 0 Å². The van der Waals surface area contributed by atoms with Crippen molar-refractivity contribution in [3.05, 3.63) is 82.9 Å². The van der Waals surface area contributed by atoms with Gasteiger partial charge < -0.3 is 15.4 Å². The average Bonchev–Trinajstić information content (AvgIpc) is 2.74. The number of hydrogen-bond donors (Lipinski definition) is 2. The Labute approximate surface area is 186 Å². The largest absolute Gasteiger partial charge is 0.456 e. The second-order valence-electron chi connectivity index (χ2n) is 7.12. The van der Waals surface area contributed by atoms with E-state index in [0.717, 1.165) is 24.3 Å². The van der Waals surface area contributed by atoms with E-state index in [0.29, 0.717) is 23.0 Å². The van der Waals surface area contributed by atoms with Gasteiger partial charge in [0.1, 0.15) is 17.3 Å². The first-order valence-corrected chi connectivity index (χ1v) is 9.69. The van der Waals surface area contributed by atoms with Crippen molar-refractivity contribution >= 4 is 17.5 Å². The predicted octanol–water partition coefficient (Wildman–Crippen LogP) is 5.23. The van der Waals surface area contributed by atoms with Crippen LogP contribution < -0.4 is 15.4 Å². The molecule has 33 heavy (non-hydrogen) atoms. The van der Waals surface area contributed by atoms with Crippen molar-refractivity contribution in [3.63, 3.8) is 0 Å². The van der Waals surface area contributed by atoms with Crippen LogP contribution in [0.4, 0.5) is 23.2 Å². The van der Waals surface area contributed by atoms with Crippen LogP contribution in [0.5, 0.6) is 11.5 Å². The maximum absolute atomic E-state index is 13.4. The number of aromatic nitrogens is 1. The van der Waals surface area contributed by atoms with Gasteiger partial charge in [0.2, 0.25) is 5.91 Å². The van der Waals surface area contributed by atoms with Gasteiger partial charge in [0.05, 0.1) is 23.4 Å². The van der Waals surface area contributed by atoms with E-state index in [4.69, 9.17) is 4.74 Å². The minimum atomic E-state index is -4.66. The summed E-state index contributed by atoms with van der Waals surface area (Å²) in [6.07, 6.45) is -3.24. The second kappa shape index (κ2) is 9.68. The minimum absolute atomic E-state index is 0.103. The fourth-order valence-corrected chi connectivity index (χ4v) is 2.88. The molecule has 0 aliphatic heterocycles. The lowest BCUT2D eigenvalue weighted by atomic mass is 10.1. The van der Waals surface area contributed by atoms with Crippen LogP contribution in [0.15, 0.2) is 54.7 Å². The lowest BCUT2D eigenvalue weighted by Gasteiger charge is -2.16. The van der Waals surface area contributed by atoms with Gasteiger partial charge in [0.25, 0.3) is 5.91 Å². The third-order valence-corrected chi connectivity index (χ3v) is 4.50. The number of ether oxygens (including phenoxy) is 1. The Hall–Kier alpha value is -3.95. The Bertz CT molecular complexity index is 1200. The first-order valence-electron chi connectivity index (χ1n) is 9.69. The van der Waals surface area contributed by atoms with Gasteiger partial charge in [0, 0.05) is 18.8 Å². The monoisotopic (exact) mass is 461 g/mol. The predicted molar refractivity (Wildman–Crippen MR) is 112 cm³/mol. The molecule has 2 aromatic carbocycles. The number of anilines is 1. The van der Waals surface area contributed by atoms with Gasteiger partial charge in [0.15, 0.2) is 0 Å². The summed E-state index contributed by atoms with van der Waals surface area (Å²) in [5.74, 6) is -1.76. The van der Waals surface area contributed by atoms with Crippen LogP contribution in [0.1, 0.15) is 34.1 Å². The van der Waals surface area contributed by atoms with Crippen LogP contribution in [-0.2, 0) is 17.5 Å². The number of alkyl halides is 3. The molecule has 0 aliphatic rings. The molecule has 10 heteroatoms. The molecule has 0 saturated heterocycles. The molecule has 172 valence electrons. The molecule has 0 radical (unpaired) electrons. The maximum Gasteiger partial charge on any atom is 0.416 e. The number of rotatable bonds is 6. The molecule has 0 aliphatic carbocycles. The minimum Gasteiger partial charge on any atom is -0.456 e. The summed E-state index contributed by atoms with van der Waals surface area (Å²) in [5.41, 5.74) is -0.0363. The third kappa shape index (κ3) is 6.28. The van der Waals surface area contributed by atoms with Crippen LogP contribution in [0, 0.1) is 12.7 Å². The first-order chi connectivity index (χ1) is 15.5. The molecule has 0 bridgehead atoms. The molecule has 0 fully saturated rings. The number of benzene rings is 2. The summed E-state index contributed by atoms with van der Waals surface area (Å²) >= 11 is 0. The zero-order chi connectivity index (χ0) is 24.2. The summed E-state index contributed by atoms with van der Waals surface area (Å²) in [4.78, 5) is 28.0. The van der Waals surface area contributed by atoms with E-state index < -0.39 is 23.5 Å². The molecule has 0 atom stereocenters. The molecule has 0 unspecified atom stereocenters. The van der Waals surface area contributed by atoms with E-state index in [1.54, 1.807) is 0 Å². The highest BCUT2D eigenvalue weighted by Gasteiger charge is 2.32. The molecular formula is C23H19F4N3O3. The molecule has 3 aromatic rings. The number of hydrogen-bond acceptors (Lipinski definition) is 4. The molecule has 3 rings (SSSR count). The Morgan fingerprint density at radius 2 is 1.79 bits per heavy atom. The molecule has 0 spiro atoms. The molecule has 1 heterocycles. The number of carbonyl (C=O) groups is 2. The van der Waals surface area contributed by atoms with Gasteiger partial charge in [-0.1, -0.05) is 0 Å². The molecule has 6 nitrogen and oxygen atoms in total. The maximum atomic E-state index is 13.4. The lowest BCUT2D eigenvalue weighted by molar-refractivity contribution is -0.137. The summed E-state index contributed by atoms with van der Waals surface area (Å²) < 4.78 is 58.7. The van der Waals surface area contributed by atoms with E-state index >= 15 is 0 Å². The van der Waals surface area contributed by atoms with Gasteiger partial charge in [-0.25, -0.2) is 4.39 Å². The number of halogens is 4. The summed E-state index contributed by atoms with van der Waals surface area (Å²) in [6, 6.07) is 9.03. The van der Waals surface area contributed by atoms with Crippen molar-refractivity contribution in [2.75, 3.05) is 5.32 Å². The third-order valence-electron chi connectivity index (χ3n) is 4.50. The number of pyridine rings is 1. The van der Waals surface area contributed by atoms with Crippen LogP contribution in [0.25, 0.3) is 0 Å². The van der Waals surface area contributed by atoms with Crippen LogP contribution in [0.2, 0.25) is 0 Å². The van der Waals surface area contributed by atoms with Crippen molar-refractivity contribution in [2.45, 2.75) is 26.6 Å². The zero-order valence-corrected chi connectivity index (χ0v) is 17.6. The number of carbonyl (C=O) groups excluding carboxylic acids is 2. The smallest absolute Gasteiger partial charge is 0.416 e. The molecule has 2 N–H and O–H groups in total. The van der Waals surface area contributed by atoms with Crippen molar-refractivity contribution in [2.24, 2.45) is 0 Å². The highest BCUT2D eigenvalue weighted by atomic mass is 19.4. The van der Waals surface area contributed by atoms with E-state index in [2.05, 4.69) is 15.6 Å². The van der Waals surface area contributed by atoms with Crippen LogP contribution in [0.3, 0.4) is 0 Å². The van der Waals surface area contributed by atoms with E-state index in [1.165, 1.54) is 38.2 Å². The number of amides is 2. The highest BCUT2D eigenvalue weighted by Crippen LogP contribution is 2.36. The molecule has 2 amide bonds. The Morgan fingerprint density at radius 1 is 1.03 bits per heavy atom.